The summed E-state index contributed by atoms with van der Waals surface area (Å²) < 4.78 is 18.8. The Morgan fingerprint density at radius 3 is 2.57 bits per heavy atom. The quantitative estimate of drug-likeness (QED) is 0.451. The number of nitrogens with zero attached hydrogens (tertiary/aromatic N) is 4. The molecule has 154 valence electrons. The van der Waals surface area contributed by atoms with Crippen LogP contribution in [0.1, 0.15) is 29.5 Å². The van der Waals surface area contributed by atoms with Crippen molar-refractivity contribution in [2.75, 3.05) is 13.6 Å². The molecule has 4 aromatic rings. The number of rotatable bonds is 9. The van der Waals surface area contributed by atoms with Gasteiger partial charge in [0.2, 0.25) is 11.8 Å². The molecule has 0 spiro atoms. The van der Waals surface area contributed by atoms with Crippen molar-refractivity contribution in [3.05, 3.63) is 89.5 Å². The Bertz CT molecular complexity index is 1060. The zero-order chi connectivity index (χ0) is 20.8. The van der Waals surface area contributed by atoms with Crippen LogP contribution >= 0.6 is 0 Å². The summed E-state index contributed by atoms with van der Waals surface area (Å²) in [6.07, 6.45) is 2.49. The van der Waals surface area contributed by atoms with E-state index in [0.717, 1.165) is 41.9 Å². The molecule has 7 heteroatoms. The van der Waals surface area contributed by atoms with Crippen LogP contribution in [0.25, 0.3) is 11.3 Å². The molecule has 0 amide bonds. The van der Waals surface area contributed by atoms with Crippen molar-refractivity contribution in [1.82, 2.24) is 25.3 Å². The second kappa shape index (κ2) is 9.45. The molecule has 2 aromatic heterocycles. The average Bonchev–Trinajstić information content (AvgIpc) is 3.39. The minimum atomic E-state index is -0.244. The Kier molecular flexibility index (Phi) is 6.29. The molecule has 2 aromatic carbocycles. The van der Waals surface area contributed by atoms with Crippen molar-refractivity contribution in [1.29, 1.82) is 0 Å². The summed E-state index contributed by atoms with van der Waals surface area (Å²) in [5.74, 6) is 1.02. The van der Waals surface area contributed by atoms with Crippen LogP contribution in [0.4, 0.5) is 4.39 Å². The molecular weight excluding hydrogens is 381 g/mol. The molecule has 0 radical (unpaired) electrons. The number of hydrogen-bond donors (Lipinski definition) is 1. The maximum absolute atomic E-state index is 13.1. The van der Waals surface area contributed by atoms with Crippen LogP contribution in [-0.2, 0) is 19.4 Å². The van der Waals surface area contributed by atoms with E-state index in [1.807, 2.05) is 43.4 Å². The smallest absolute Gasteiger partial charge is 0.230 e. The van der Waals surface area contributed by atoms with Gasteiger partial charge in [0.05, 0.1) is 18.7 Å². The summed E-state index contributed by atoms with van der Waals surface area (Å²) in [5.41, 5.74) is 3.94. The van der Waals surface area contributed by atoms with Gasteiger partial charge >= 0.3 is 0 Å². The van der Waals surface area contributed by atoms with Gasteiger partial charge in [-0.2, -0.15) is 5.10 Å². The molecule has 1 N–H and O–H groups in total. The lowest BCUT2D eigenvalue weighted by molar-refractivity contribution is 0.281. The minimum absolute atomic E-state index is 0.244. The average molecular weight is 405 g/mol. The Balaban J connectivity index is 1.23. The number of benzene rings is 2. The number of hydrogen-bond acceptors (Lipinski definition) is 5. The molecule has 0 saturated carbocycles. The van der Waals surface area contributed by atoms with Crippen LogP contribution in [0.2, 0.25) is 0 Å². The second-order valence-electron chi connectivity index (χ2n) is 7.38. The third-order valence-corrected chi connectivity index (χ3v) is 4.87. The Morgan fingerprint density at radius 1 is 1.00 bits per heavy atom. The van der Waals surface area contributed by atoms with Crippen molar-refractivity contribution >= 4 is 0 Å². The monoisotopic (exact) mass is 405 g/mol. The van der Waals surface area contributed by atoms with Crippen LogP contribution in [0.15, 0.2) is 65.1 Å². The number of nitrogens with one attached hydrogen (secondary N) is 1. The van der Waals surface area contributed by atoms with E-state index in [-0.39, 0.29) is 5.82 Å². The zero-order valence-corrected chi connectivity index (χ0v) is 16.9. The van der Waals surface area contributed by atoms with Gasteiger partial charge in [-0.3, -0.25) is 10.00 Å². The lowest BCUT2D eigenvalue weighted by atomic mass is 10.1. The van der Waals surface area contributed by atoms with Crippen LogP contribution in [-0.4, -0.2) is 38.9 Å². The molecule has 4 rings (SSSR count). The molecule has 0 atom stereocenters. The maximum Gasteiger partial charge on any atom is 0.230 e. The Morgan fingerprint density at radius 2 is 1.77 bits per heavy atom. The molecule has 0 aliphatic rings. The van der Waals surface area contributed by atoms with Crippen molar-refractivity contribution in [2.24, 2.45) is 0 Å². The first-order valence-electron chi connectivity index (χ1n) is 9.99. The number of aromatic nitrogens is 4. The summed E-state index contributed by atoms with van der Waals surface area (Å²) in [6, 6.07) is 18.5. The SMILES string of the molecule is CN(CCCc1cc(-c2ccc(F)cc2)n[nH]1)Cc1nnc(Cc2ccccc2)o1. The third-order valence-electron chi connectivity index (χ3n) is 4.87. The number of aromatic amines is 1. The molecular formula is C23H24FN5O. The van der Waals surface area contributed by atoms with E-state index in [0.29, 0.717) is 24.7 Å². The van der Waals surface area contributed by atoms with Gasteiger partial charge in [0.25, 0.3) is 0 Å². The fourth-order valence-corrected chi connectivity index (χ4v) is 3.30. The van der Waals surface area contributed by atoms with E-state index in [9.17, 15) is 4.39 Å². The van der Waals surface area contributed by atoms with E-state index >= 15 is 0 Å². The Hall–Kier alpha value is -3.32. The zero-order valence-electron chi connectivity index (χ0n) is 16.9. The predicted octanol–water partition coefficient (Wildman–Crippen LogP) is 4.25. The number of H-pyrrole nitrogens is 1. The van der Waals surface area contributed by atoms with Crippen molar-refractivity contribution in [3.8, 4) is 11.3 Å². The highest BCUT2D eigenvalue weighted by Gasteiger charge is 2.10. The summed E-state index contributed by atoms with van der Waals surface area (Å²) in [5, 5.41) is 15.7. The van der Waals surface area contributed by atoms with E-state index in [1.165, 1.54) is 12.1 Å². The van der Waals surface area contributed by atoms with Gasteiger partial charge in [-0.1, -0.05) is 30.3 Å². The minimum Gasteiger partial charge on any atom is -0.424 e. The van der Waals surface area contributed by atoms with Crippen molar-refractivity contribution in [2.45, 2.75) is 25.8 Å². The van der Waals surface area contributed by atoms with Crippen LogP contribution < -0.4 is 0 Å². The second-order valence-corrected chi connectivity index (χ2v) is 7.38. The van der Waals surface area contributed by atoms with Gasteiger partial charge in [-0.25, -0.2) is 4.39 Å². The fraction of sp³-hybridized carbons (Fsp3) is 0.261. The molecule has 30 heavy (non-hydrogen) atoms. The molecule has 0 aliphatic carbocycles. The summed E-state index contributed by atoms with van der Waals surface area (Å²) in [7, 11) is 2.04. The molecule has 0 aliphatic heterocycles. The van der Waals surface area contributed by atoms with E-state index in [1.54, 1.807) is 12.1 Å². The van der Waals surface area contributed by atoms with Crippen LogP contribution in [0, 0.1) is 5.82 Å². The lowest BCUT2D eigenvalue weighted by Crippen LogP contribution is -2.19. The van der Waals surface area contributed by atoms with E-state index < -0.39 is 0 Å². The first kappa shape index (κ1) is 20.0. The summed E-state index contributed by atoms with van der Waals surface area (Å²) >= 11 is 0. The standard InChI is InChI=1S/C23H24FN5O/c1-29(16-23-28-27-22(30-23)14-17-6-3-2-4-7-17)13-5-8-20-15-21(26-25-20)18-9-11-19(24)12-10-18/h2-4,6-7,9-12,15H,5,8,13-14,16H2,1H3,(H,25,26). The lowest BCUT2D eigenvalue weighted by Gasteiger charge is -2.13. The van der Waals surface area contributed by atoms with Gasteiger partial charge in [-0.15, -0.1) is 10.2 Å². The first-order valence-corrected chi connectivity index (χ1v) is 9.99. The molecule has 0 bridgehead atoms. The molecule has 0 unspecified atom stereocenters. The van der Waals surface area contributed by atoms with Gasteiger partial charge in [0.15, 0.2) is 0 Å². The predicted molar refractivity (Wildman–Crippen MR) is 112 cm³/mol. The van der Waals surface area contributed by atoms with Gasteiger partial charge < -0.3 is 4.42 Å². The Labute approximate surface area is 174 Å². The highest BCUT2D eigenvalue weighted by atomic mass is 19.1. The topological polar surface area (TPSA) is 70.8 Å². The first-order chi connectivity index (χ1) is 14.7. The molecule has 0 saturated heterocycles. The van der Waals surface area contributed by atoms with Gasteiger partial charge in [-0.05, 0) is 62.3 Å². The van der Waals surface area contributed by atoms with Crippen molar-refractivity contribution in [3.63, 3.8) is 0 Å². The highest BCUT2D eigenvalue weighted by Crippen LogP contribution is 2.18. The van der Waals surface area contributed by atoms with Gasteiger partial charge in [0.1, 0.15) is 5.82 Å². The maximum atomic E-state index is 13.1. The van der Waals surface area contributed by atoms with Gasteiger partial charge in [0, 0.05) is 11.3 Å². The summed E-state index contributed by atoms with van der Waals surface area (Å²) in [4.78, 5) is 2.16. The molecule has 2 heterocycles. The molecule has 0 fully saturated rings. The number of halogens is 1. The largest absolute Gasteiger partial charge is 0.424 e. The summed E-state index contributed by atoms with van der Waals surface area (Å²) in [6.45, 7) is 1.51. The third kappa shape index (κ3) is 5.39. The fourth-order valence-electron chi connectivity index (χ4n) is 3.30. The molecule has 6 nitrogen and oxygen atoms in total. The highest BCUT2D eigenvalue weighted by molar-refractivity contribution is 5.58. The number of aryl methyl sites for hydroxylation is 1. The normalized spacial score (nSPS) is 11.3. The van der Waals surface area contributed by atoms with E-state index in [4.69, 9.17) is 4.42 Å². The van der Waals surface area contributed by atoms with Crippen LogP contribution in [0.5, 0.6) is 0 Å². The van der Waals surface area contributed by atoms with Crippen molar-refractivity contribution < 1.29 is 8.81 Å². The van der Waals surface area contributed by atoms with Crippen LogP contribution in [0.3, 0.4) is 0 Å². The van der Waals surface area contributed by atoms with E-state index in [2.05, 4.69) is 25.3 Å².